The molecule has 1 saturated heterocycles. The minimum Gasteiger partial charge on any atom is -0.392 e. The molecular weight excluding hydrogens is 262 g/mol. The van der Waals surface area contributed by atoms with Gasteiger partial charge in [0.05, 0.1) is 6.61 Å². The fraction of sp³-hybridized carbons (Fsp3) is 0.429. The molecule has 1 aliphatic heterocycles. The van der Waals surface area contributed by atoms with Gasteiger partial charge in [0.1, 0.15) is 0 Å². The van der Waals surface area contributed by atoms with Crippen LogP contribution in [-0.2, 0) is 16.2 Å². The molecule has 4 nitrogen and oxygen atoms in total. The van der Waals surface area contributed by atoms with E-state index in [2.05, 4.69) is 0 Å². The van der Waals surface area contributed by atoms with E-state index in [-0.39, 0.29) is 22.9 Å². The Morgan fingerprint density at radius 2 is 2.26 bits per heavy atom. The fourth-order valence-electron chi connectivity index (χ4n) is 2.35. The van der Waals surface area contributed by atoms with Gasteiger partial charge in [-0.2, -0.15) is 0 Å². The number of aliphatic hydroxyl groups is 1. The van der Waals surface area contributed by atoms with E-state index >= 15 is 0 Å². The zero-order chi connectivity index (χ0) is 14.0. The Labute approximate surface area is 116 Å². The molecule has 1 heterocycles. The summed E-state index contributed by atoms with van der Waals surface area (Å²) in [7, 11) is 0. The van der Waals surface area contributed by atoms with Gasteiger partial charge < -0.3 is 10.0 Å². The number of carbonyl (C=O) groups excluding carboxylic acids is 2. The first-order valence-electron chi connectivity index (χ1n) is 6.20. The van der Waals surface area contributed by atoms with Gasteiger partial charge in [0.15, 0.2) is 5.12 Å². The lowest BCUT2D eigenvalue weighted by molar-refractivity contribution is -0.117. The van der Waals surface area contributed by atoms with Gasteiger partial charge in [-0.3, -0.25) is 9.59 Å². The molecule has 0 spiro atoms. The molecule has 19 heavy (non-hydrogen) atoms. The maximum Gasteiger partial charge on any atom is 0.228 e. The van der Waals surface area contributed by atoms with E-state index in [4.69, 9.17) is 0 Å². The SMILES string of the molecule is CC(=O)SC1CC(=O)N(c2cccc(CO)c2C)C1. The van der Waals surface area contributed by atoms with Gasteiger partial charge in [-0.05, 0) is 24.1 Å². The van der Waals surface area contributed by atoms with E-state index in [1.807, 2.05) is 25.1 Å². The Morgan fingerprint density at radius 3 is 2.89 bits per heavy atom. The normalized spacial score (nSPS) is 19.0. The minimum absolute atomic E-state index is 0.0298. The lowest BCUT2D eigenvalue weighted by Crippen LogP contribution is -2.26. The molecule has 0 aromatic heterocycles. The van der Waals surface area contributed by atoms with E-state index in [0.717, 1.165) is 16.8 Å². The number of rotatable bonds is 3. The van der Waals surface area contributed by atoms with Crippen LogP contribution in [0.3, 0.4) is 0 Å². The van der Waals surface area contributed by atoms with Crippen LogP contribution < -0.4 is 4.90 Å². The minimum atomic E-state index is -0.0344. The summed E-state index contributed by atoms with van der Waals surface area (Å²) in [4.78, 5) is 24.9. The maximum absolute atomic E-state index is 12.1. The van der Waals surface area contributed by atoms with Crippen LogP contribution in [0.15, 0.2) is 18.2 Å². The summed E-state index contributed by atoms with van der Waals surface area (Å²) in [6, 6.07) is 5.57. The van der Waals surface area contributed by atoms with E-state index in [1.165, 1.54) is 18.7 Å². The number of benzene rings is 1. The molecule has 0 saturated carbocycles. The van der Waals surface area contributed by atoms with Gasteiger partial charge in [-0.25, -0.2) is 0 Å². The van der Waals surface area contributed by atoms with E-state index in [1.54, 1.807) is 4.90 Å². The Morgan fingerprint density at radius 1 is 1.53 bits per heavy atom. The van der Waals surface area contributed by atoms with Gasteiger partial charge in [0.2, 0.25) is 5.91 Å². The Bertz CT molecular complexity index is 515. The van der Waals surface area contributed by atoms with Crippen molar-refractivity contribution < 1.29 is 14.7 Å². The van der Waals surface area contributed by atoms with Gasteiger partial charge >= 0.3 is 0 Å². The highest BCUT2D eigenvalue weighted by Gasteiger charge is 2.32. The average Bonchev–Trinajstić information content (AvgIpc) is 2.69. The lowest BCUT2D eigenvalue weighted by atomic mass is 10.1. The fourth-order valence-corrected chi connectivity index (χ4v) is 3.27. The highest BCUT2D eigenvalue weighted by Crippen LogP contribution is 2.31. The maximum atomic E-state index is 12.1. The molecule has 1 unspecified atom stereocenters. The second-order valence-corrected chi connectivity index (χ2v) is 6.14. The molecule has 1 amide bonds. The first-order chi connectivity index (χ1) is 9.02. The summed E-state index contributed by atoms with van der Waals surface area (Å²) in [5.41, 5.74) is 2.59. The molecule has 2 rings (SSSR count). The largest absolute Gasteiger partial charge is 0.392 e. The Hall–Kier alpha value is -1.33. The zero-order valence-corrected chi connectivity index (χ0v) is 11.9. The molecule has 1 aliphatic rings. The van der Waals surface area contributed by atoms with Gasteiger partial charge in [-0.1, -0.05) is 23.9 Å². The predicted octanol–water partition coefficient (Wildman–Crippen LogP) is 1.87. The van der Waals surface area contributed by atoms with Crippen LogP contribution in [0.4, 0.5) is 5.69 Å². The van der Waals surface area contributed by atoms with Crippen LogP contribution in [0.1, 0.15) is 24.5 Å². The third kappa shape index (κ3) is 2.98. The quantitative estimate of drug-likeness (QED) is 0.917. The first kappa shape index (κ1) is 14.1. The van der Waals surface area contributed by atoms with Crippen molar-refractivity contribution in [3.8, 4) is 0 Å². The summed E-state index contributed by atoms with van der Waals surface area (Å²) in [6.07, 6.45) is 0.396. The van der Waals surface area contributed by atoms with Gasteiger partial charge in [0.25, 0.3) is 0 Å². The van der Waals surface area contributed by atoms with E-state index < -0.39 is 0 Å². The lowest BCUT2D eigenvalue weighted by Gasteiger charge is -2.20. The van der Waals surface area contributed by atoms with Crippen molar-refractivity contribution >= 4 is 28.5 Å². The van der Waals surface area contributed by atoms with Gasteiger partial charge in [0, 0.05) is 30.8 Å². The highest BCUT2D eigenvalue weighted by molar-refractivity contribution is 8.14. The van der Waals surface area contributed by atoms with Crippen LogP contribution in [-0.4, -0.2) is 27.9 Å². The molecule has 1 aromatic carbocycles. The number of amides is 1. The second kappa shape index (κ2) is 5.75. The zero-order valence-electron chi connectivity index (χ0n) is 11.0. The summed E-state index contributed by atoms with van der Waals surface area (Å²) >= 11 is 1.23. The molecule has 102 valence electrons. The van der Waals surface area contributed by atoms with Crippen molar-refractivity contribution in [2.75, 3.05) is 11.4 Å². The molecule has 1 fully saturated rings. The summed E-state index contributed by atoms with van der Waals surface area (Å²) < 4.78 is 0. The topological polar surface area (TPSA) is 57.6 Å². The van der Waals surface area contributed by atoms with Crippen molar-refractivity contribution in [3.05, 3.63) is 29.3 Å². The average molecular weight is 279 g/mol. The molecule has 1 N–H and O–H groups in total. The Balaban J connectivity index is 2.23. The molecule has 1 aromatic rings. The second-order valence-electron chi connectivity index (χ2n) is 4.66. The molecule has 0 radical (unpaired) electrons. The van der Waals surface area contributed by atoms with Crippen molar-refractivity contribution in [3.63, 3.8) is 0 Å². The predicted molar refractivity (Wildman–Crippen MR) is 76.1 cm³/mol. The number of anilines is 1. The van der Waals surface area contributed by atoms with Crippen molar-refractivity contribution in [2.45, 2.75) is 32.1 Å². The summed E-state index contributed by atoms with van der Waals surface area (Å²) in [6.45, 7) is 3.95. The molecular formula is C14H17NO3S. The number of aliphatic hydroxyl groups excluding tert-OH is 1. The number of carbonyl (C=O) groups is 2. The summed E-state index contributed by atoms with van der Waals surface area (Å²) in [5, 5.41) is 9.34. The van der Waals surface area contributed by atoms with E-state index in [0.29, 0.717) is 13.0 Å². The van der Waals surface area contributed by atoms with Crippen LogP contribution in [0.5, 0.6) is 0 Å². The highest BCUT2D eigenvalue weighted by atomic mass is 32.2. The summed E-state index contributed by atoms with van der Waals surface area (Å²) in [5.74, 6) is 0.0388. The smallest absolute Gasteiger partial charge is 0.228 e. The van der Waals surface area contributed by atoms with E-state index in [9.17, 15) is 14.7 Å². The van der Waals surface area contributed by atoms with Crippen molar-refractivity contribution in [1.29, 1.82) is 0 Å². The number of nitrogens with zero attached hydrogens (tertiary/aromatic N) is 1. The molecule has 5 heteroatoms. The first-order valence-corrected chi connectivity index (χ1v) is 7.08. The molecule has 0 aliphatic carbocycles. The number of hydrogen-bond acceptors (Lipinski definition) is 4. The van der Waals surface area contributed by atoms with Crippen LogP contribution in [0.25, 0.3) is 0 Å². The monoisotopic (exact) mass is 279 g/mol. The van der Waals surface area contributed by atoms with Crippen molar-refractivity contribution in [1.82, 2.24) is 0 Å². The third-order valence-electron chi connectivity index (χ3n) is 3.30. The standard InChI is InChI=1S/C14H17NO3S/c1-9-11(8-16)4-3-5-13(9)15-7-12(6-14(15)18)19-10(2)17/h3-5,12,16H,6-8H2,1-2H3. The van der Waals surface area contributed by atoms with Crippen LogP contribution in [0.2, 0.25) is 0 Å². The molecule has 1 atom stereocenters. The Kier molecular flexibility index (Phi) is 4.27. The third-order valence-corrected chi connectivity index (χ3v) is 4.28. The number of thioether (sulfide) groups is 1. The van der Waals surface area contributed by atoms with Crippen molar-refractivity contribution in [2.24, 2.45) is 0 Å². The number of hydrogen-bond donors (Lipinski definition) is 1. The van der Waals surface area contributed by atoms with Crippen LogP contribution in [0, 0.1) is 6.92 Å². The molecule has 0 bridgehead atoms. The van der Waals surface area contributed by atoms with Crippen LogP contribution >= 0.6 is 11.8 Å². The van der Waals surface area contributed by atoms with Gasteiger partial charge in [-0.15, -0.1) is 0 Å².